The molecule has 1 unspecified atom stereocenters. The SMILES string of the molecule is Cc1nc(C(C)S(C)(=O)=O)nc(C)c1CCCN. The second-order valence-electron chi connectivity index (χ2n) is 4.60. The van der Waals surface area contributed by atoms with Crippen molar-refractivity contribution in [3.05, 3.63) is 22.8 Å². The number of aromatic nitrogens is 2. The van der Waals surface area contributed by atoms with Crippen molar-refractivity contribution in [1.82, 2.24) is 9.97 Å². The van der Waals surface area contributed by atoms with E-state index in [0.29, 0.717) is 12.4 Å². The number of nitrogens with two attached hydrogens (primary N) is 1. The average Bonchev–Trinajstić information content (AvgIpc) is 2.25. The molecule has 0 saturated heterocycles. The molecule has 0 aliphatic carbocycles. The highest BCUT2D eigenvalue weighted by Crippen LogP contribution is 2.20. The molecule has 0 fully saturated rings. The first-order chi connectivity index (χ1) is 8.27. The molecule has 1 heterocycles. The van der Waals surface area contributed by atoms with Crippen molar-refractivity contribution in [3.63, 3.8) is 0 Å². The summed E-state index contributed by atoms with van der Waals surface area (Å²) in [6.45, 7) is 6.02. The van der Waals surface area contributed by atoms with Crippen LogP contribution in [0.25, 0.3) is 0 Å². The molecule has 5 nitrogen and oxygen atoms in total. The molecule has 0 bridgehead atoms. The normalized spacial score (nSPS) is 13.6. The predicted molar refractivity (Wildman–Crippen MR) is 72.1 cm³/mol. The van der Waals surface area contributed by atoms with E-state index in [0.717, 1.165) is 29.8 Å². The van der Waals surface area contributed by atoms with E-state index in [9.17, 15) is 8.42 Å². The van der Waals surface area contributed by atoms with Gasteiger partial charge in [0.25, 0.3) is 0 Å². The number of aryl methyl sites for hydroxylation is 2. The van der Waals surface area contributed by atoms with E-state index in [4.69, 9.17) is 5.73 Å². The maximum atomic E-state index is 11.5. The lowest BCUT2D eigenvalue weighted by molar-refractivity contribution is 0.588. The van der Waals surface area contributed by atoms with Crippen LogP contribution in [0.4, 0.5) is 0 Å². The summed E-state index contributed by atoms with van der Waals surface area (Å²) in [5.41, 5.74) is 8.26. The monoisotopic (exact) mass is 271 g/mol. The Morgan fingerprint density at radius 2 is 1.72 bits per heavy atom. The summed E-state index contributed by atoms with van der Waals surface area (Å²) in [5.74, 6) is 0.379. The van der Waals surface area contributed by atoms with Gasteiger partial charge in [-0.15, -0.1) is 0 Å². The molecule has 2 N–H and O–H groups in total. The Balaban J connectivity index is 3.14. The Morgan fingerprint density at radius 1 is 1.22 bits per heavy atom. The topological polar surface area (TPSA) is 85.9 Å². The number of nitrogens with zero attached hydrogens (tertiary/aromatic N) is 2. The molecule has 6 heteroatoms. The standard InChI is InChI=1S/C12H21N3O2S/c1-8-11(6-5-7-13)9(2)15-12(14-8)10(3)18(4,16)17/h10H,5-7,13H2,1-4H3. The number of sulfone groups is 1. The first-order valence-electron chi connectivity index (χ1n) is 6.00. The zero-order valence-corrected chi connectivity index (χ0v) is 12.2. The zero-order valence-electron chi connectivity index (χ0n) is 11.4. The fraction of sp³-hybridized carbons (Fsp3) is 0.667. The Hall–Kier alpha value is -1.01. The highest BCUT2D eigenvalue weighted by Gasteiger charge is 2.21. The molecule has 0 amide bonds. The molecule has 1 rings (SSSR count). The quantitative estimate of drug-likeness (QED) is 0.866. The van der Waals surface area contributed by atoms with E-state index in [1.807, 2.05) is 13.8 Å². The van der Waals surface area contributed by atoms with Crippen LogP contribution in [0.5, 0.6) is 0 Å². The van der Waals surface area contributed by atoms with Crippen molar-refractivity contribution in [1.29, 1.82) is 0 Å². The molecule has 18 heavy (non-hydrogen) atoms. The maximum Gasteiger partial charge on any atom is 0.157 e. The molecular formula is C12H21N3O2S. The van der Waals surface area contributed by atoms with Gasteiger partial charge < -0.3 is 5.73 Å². The fourth-order valence-electron chi connectivity index (χ4n) is 1.78. The molecular weight excluding hydrogens is 250 g/mol. The second-order valence-corrected chi connectivity index (χ2v) is 6.96. The van der Waals surface area contributed by atoms with Crippen LogP contribution in [0.3, 0.4) is 0 Å². The van der Waals surface area contributed by atoms with E-state index >= 15 is 0 Å². The highest BCUT2D eigenvalue weighted by molar-refractivity contribution is 7.90. The number of hydrogen-bond donors (Lipinski definition) is 1. The lowest BCUT2D eigenvalue weighted by Crippen LogP contribution is -2.15. The molecule has 0 saturated carbocycles. The lowest BCUT2D eigenvalue weighted by atomic mass is 10.1. The van der Waals surface area contributed by atoms with Gasteiger partial charge in [0, 0.05) is 17.6 Å². The van der Waals surface area contributed by atoms with Gasteiger partial charge in [0.05, 0.1) is 0 Å². The molecule has 0 spiro atoms. The van der Waals surface area contributed by atoms with Gasteiger partial charge in [0.2, 0.25) is 0 Å². The third-order valence-corrected chi connectivity index (χ3v) is 4.57. The summed E-state index contributed by atoms with van der Waals surface area (Å²) in [6, 6.07) is 0. The van der Waals surface area contributed by atoms with E-state index in [1.54, 1.807) is 6.92 Å². The van der Waals surface area contributed by atoms with Gasteiger partial charge in [-0.2, -0.15) is 0 Å². The van der Waals surface area contributed by atoms with Gasteiger partial charge in [-0.05, 0) is 45.7 Å². The first-order valence-corrected chi connectivity index (χ1v) is 7.95. The Kier molecular flexibility index (Phi) is 4.81. The van der Waals surface area contributed by atoms with E-state index in [-0.39, 0.29) is 0 Å². The van der Waals surface area contributed by atoms with Crippen LogP contribution in [0.2, 0.25) is 0 Å². The largest absolute Gasteiger partial charge is 0.330 e. The van der Waals surface area contributed by atoms with Crippen molar-refractivity contribution in [3.8, 4) is 0 Å². The lowest BCUT2D eigenvalue weighted by Gasteiger charge is -2.13. The van der Waals surface area contributed by atoms with Gasteiger partial charge in [-0.1, -0.05) is 0 Å². The summed E-state index contributed by atoms with van der Waals surface area (Å²) in [5, 5.41) is -0.668. The summed E-state index contributed by atoms with van der Waals surface area (Å²) < 4.78 is 23.0. The molecule has 1 aromatic heterocycles. The zero-order chi connectivity index (χ0) is 13.9. The summed E-state index contributed by atoms with van der Waals surface area (Å²) in [6.07, 6.45) is 2.92. The average molecular weight is 271 g/mol. The Bertz CT molecular complexity index is 503. The fourth-order valence-corrected chi connectivity index (χ4v) is 2.27. The van der Waals surface area contributed by atoms with Crippen LogP contribution >= 0.6 is 0 Å². The Morgan fingerprint density at radius 3 is 2.11 bits per heavy atom. The maximum absolute atomic E-state index is 11.5. The van der Waals surface area contributed by atoms with Crippen LogP contribution in [0.15, 0.2) is 0 Å². The molecule has 0 radical (unpaired) electrons. The van der Waals surface area contributed by atoms with E-state index < -0.39 is 15.1 Å². The van der Waals surface area contributed by atoms with Crippen molar-refractivity contribution in [2.75, 3.05) is 12.8 Å². The van der Waals surface area contributed by atoms with E-state index in [2.05, 4.69) is 9.97 Å². The number of rotatable bonds is 5. The second kappa shape index (κ2) is 5.75. The minimum absolute atomic E-state index is 0.379. The molecule has 1 atom stereocenters. The minimum atomic E-state index is -3.16. The van der Waals surface area contributed by atoms with Crippen molar-refractivity contribution >= 4 is 9.84 Å². The van der Waals surface area contributed by atoms with Gasteiger partial charge in [-0.25, -0.2) is 18.4 Å². The highest BCUT2D eigenvalue weighted by atomic mass is 32.2. The van der Waals surface area contributed by atoms with Crippen molar-refractivity contribution < 1.29 is 8.42 Å². The smallest absolute Gasteiger partial charge is 0.157 e. The van der Waals surface area contributed by atoms with E-state index in [1.165, 1.54) is 6.26 Å². The first kappa shape index (κ1) is 15.0. The predicted octanol–water partition coefficient (Wildman–Crippen LogP) is 1.09. The third-order valence-electron chi connectivity index (χ3n) is 3.07. The van der Waals surface area contributed by atoms with Gasteiger partial charge >= 0.3 is 0 Å². The molecule has 0 aromatic carbocycles. The van der Waals surface area contributed by atoms with Crippen molar-refractivity contribution in [2.45, 2.75) is 38.9 Å². The molecule has 0 aliphatic heterocycles. The molecule has 0 aliphatic rings. The summed E-state index contributed by atoms with van der Waals surface area (Å²) >= 11 is 0. The van der Waals surface area contributed by atoms with Crippen molar-refractivity contribution in [2.24, 2.45) is 5.73 Å². The van der Waals surface area contributed by atoms with Crippen LogP contribution in [-0.2, 0) is 16.3 Å². The van der Waals surface area contributed by atoms with Gasteiger partial charge in [0.15, 0.2) is 9.84 Å². The van der Waals surface area contributed by atoms with Crippen LogP contribution in [0.1, 0.15) is 41.4 Å². The summed E-state index contributed by atoms with van der Waals surface area (Å²) in [7, 11) is -3.16. The van der Waals surface area contributed by atoms with Crippen LogP contribution in [0, 0.1) is 13.8 Å². The Labute approximate surface area is 109 Å². The van der Waals surface area contributed by atoms with Gasteiger partial charge in [-0.3, -0.25) is 0 Å². The third kappa shape index (κ3) is 3.49. The van der Waals surface area contributed by atoms with Gasteiger partial charge in [0.1, 0.15) is 11.1 Å². The van der Waals surface area contributed by atoms with Crippen LogP contribution in [-0.4, -0.2) is 31.2 Å². The summed E-state index contributed by atoms with van der Waals surface area (Å²) in [4.78, 5) is 8.64. The molecule has 102 valence electrons. The molecule has 1 aromatic rings. The minimum Gasteiger partial charge on any atom is -0.330 e. The van der Waals surface area contributed by atoms with Crippen LogP contribution < -0.4 is 5.73 Å². The number of hydrogen-bond acceptors (Lipinski definition) is 5.